The van der Waals surface area contributed by atoms with Crippen LogP contribution < -0.4 is 0 Å². The molecule has 2 saturated heterocycles. The molecule has 86 valence electrons. The van der Waals surface area contributed by atoms with E-state index in [4.69, 9.17) is 19.3 Å². The third-order valence-corrected chi connectivity index (χ3v) is 2.50. The van der Waals surface area contributed by atoms with E-state index in [1.807, 2.05) is 0 Å². The number of rotatable bonds is 1. The van der Waals surface area contributed by atoms with Gasteiger partial charge in [-0.15, -0.1) is 0 Å². The minimum Gasteiger partial charge on any atom is -0.479 e. The van der Waals surface area contributed by atoms with Crippen LogP contribution in [0.4, 0.5) is 0 Å². The van der Waals surface area contributed by atoms with E-state index in [0.29, 0.717) is 0 Å². The van der Waals surface area contributed by atoms with Crippen LogP contribution in [0.1, 0.15) is 20.3 Å². The van der Waals surface area contributed by atoms with E-state index < -0.39 is 36.4 Å². The predicted molar refractivity (Wildman–Crippen MR) is 47.0 cm³/mol. The van der Waals surface area contributed by atoms with Gasteiger partial charge in [-0.3, -0.25) is 0 Å². The molecule has 2 aliphatic heterocycles. The predicted octanol–water partition coefficient (Wildman–Crippen LogP) is -0.302. The number of aliphatic hydroxyl groups excluding tert-OH is 1. The lowest BCUT2D eigenvalue weighted by atomic mass is 10.0. The first-order chi connectivity index (χ1) is 6.89. The van der Waals surface area contributed by atoms with Gasteiger partial charge in [-0.05, 0) is 13.8 Å². The number of hydrogen-bond acceptors (Lipinski definition) is 5. The fourth-order valence-corrected chi connectivity index (χ4v) is 2.00. The lowest BCUT2D eigenvalue weighted by Crippen LogP contribution is -2.50. The highest BCUT2D eigenvalue weighted by molar-refractivity contribution is 5.73. The molecule has 0 saturated carbocycles. The van der Waals surface area contributed by atoms with Crippen molar-refractivity contribution in [1.82, 2.24) is 0 Å². The van der Waals surface area contributed by atoms with Crippen LogP contribution in [0.15, 0.2) is 0 Å². The Balaban J connectivity index is 2.18. The Kier molecular flexibility index (Phi) is 2.46. The maximum Gasteiger partial charge on any atom is 0.335 e. The van der Waals surface area contributed by atoms with Crippen LogP contribution in [-0.4, -0.2) is 46.6 Å². The fourth-order valence-electron chi connectivity index (χ4n) is 2.00. The summed E-state index contributed by atoms with van der Waals surface area (Å²) in [5.74, 6) is -1.97. The number of aliphatic hydroxyl groups is 1. The van der Waals surface area contributed by atoms with Crippen molar-refractivity contribution in [2.24, 2.45) is 0 Å². The number of carboxylic acids is 1. The Labute approximate surface area is 86.7 Å². The average Bonchev–Trinajstić information content (AvgIpc) is 2.36. The van der Waals surface area contributed by atoms with Gasteiger partial charge in [0, 0.05) is 6.42 Å². The molecule has 2 heterocycles. The number of aliphatic carboxylic acids is 1. The van der Waals surface area contributed by atoms with Crippen molar-refractivity contribution in [1.29, 1.82) is 0 Å². The average molecular weight is 218 g/mol. The lowest BCUT2D eigenvalue weighted by molar-refractivity contribution is -0.219. The molecule has 2 N–H and O–H groups in total. The largest absolute Gasteiger partial charge is 0.479 e. The van der Waals surface area contributed by atoms with Gasteiger partial charge in [-0.2, -0.15) is 0 Å². The summed E-state index contributed by atoms with van der Waals surface area (Å²) in [6, 6.07) is 0. The number of carboxylic acid groups (broad SMARTS) is 1. The fraction of sp³-hybridized carbons (Fsp3) is 0.889. The molecule has 0 spiro atoms. The molecule has 6 heteroatoms. The Hall–Kier alpha value is -0.690. The number of ether oxygens (including phenoxy) is 3. The Bertz CT molecular complexity index is 276. The van der Waals surface area contributed by atoms with Crippen molar-refractivity contribution in [3.8, 4) is 0 Å². The highest BCUT2D eigenvalue weighted by Gasteiger charge is 2.52. The summed E-state index contributed by atoms with van der Waals surface area (Å²) in [4.78, 5) is 10.9. The number of fused-ring (bicyclic) bond motifs is 1. The van der Waals surface area contributed by atoms with Gasteiger partial charge in [-0.25, -0.2) is 4.79 Å². The van der Waals surface area contributed by atoms with Crippen LogP contribution in [0.25, 0.3) is 0 Å². The van der Waals surface area contributed by atoms with E-state index in [-0.39, 0.29) is 6.42 Å². The third kappa shape index (κ3) is 1.98. The molecule has 2 fully saturated rings. The minimum atomic E-state index is -1.17. The van der Waals surface area contributed by atoms with Gasteiger partial charge < -0.3 is 24.4 Å². The Morgan fingerprint density at radius 3 is 2.67 bits per heavy atom. The topological polar surface area (TPSA) is 85.2 Å². The van der Waals surface area contributed by atoms with Crippen molar-refractivity contribution >= 4 is 5.97 Å². The molecular formula is C9H14O6. The summed E-state index contributed by atoms with van der Waals surface area (Å²) in [6.45, 7) is 3.41. The van der Waals surface area contributed by atoms with E-state index in [1.165, 1.54) is 0 Å². The van der Waals surface area contributed by atoms with Gasteiger partial charge in [0.15, 0.2) is 18.2 Å². The number of hydrogen-bond donors (Lipinski definition) is 2. The second-order valence-corrected chi connectivity index (χ2v) is 4.22. The van der Waals surface area contributed by atoms with Crippen LogP contribution in [0.2, 0.25) is 0 Å². The second kappa shape index (κ2) is 3.41. The molecule has 15 heavy (non-hydrogen) atoms. The van der Waals surface area contributed by atoms with Gasteiger partial charge in [0.05, 0.1) is 6.10 Å². The summed E-state index contributed by atoms with van der Waals surface area (Å²) in [6.07, 6.45) is -3.12. The zero-order valence-corrected chi connectivity index (χ0v) is 8.54. The van der Waals surface area contributed by atoms with E-state index in [2.05, 4.69) is 0 Å². The Morgan fingerprint density at radius 2 is 2.07 bits per heavy atom. The normalized spacial score (nSPS) is 43.7. The number of carbonyl (C=O) groups is 1. The van der Waals surface area contributed by atoms with Crippen LogP contribution in [-0.2, 0) is 19.0 Å². The molecule has 0 amide bonds. The van der Waals surface area contributed by atoms with Crippen molar-refractivity contribution < 1.29 is 29.2 Å². The maximum atomic E-state index is 10.9. The molecule has 2 aliphatic rings. The molecule has 0 aromatic rings. The van der Waals surface area contributed by atoms with Crippen LogP contribution in [0, 0.1) is 0 Å². The van der Waals surface area contributed by atoms with Gasteiger partial charge in [0.25, 0.3) is 0 Å². The molecular weight excluding hydrogens is 204 g/mol. The summed E-state index contributed by atoms with van der Waals surface area (Å²) in [7, 11) is 0. The SMILES string of the molecule is CC1(C)O[C@H]2[C@@H](C(=O)O)OC(O)C[C@H]2O1. The quantitative estimate of drug-likeness (QED) is 0.628. The molecule has 0 aliphatic carbocycles. The first-order valence-corrected chi connectivity index (χ1v) is 4.81. The molecule has 6 nitrogen and oxygen atoms in total. The zero-order chi connectivity index (χ0) is 11.2. The summed E-state index contributed by atoms with van der Waals surface area (Å²) in [5, 5.41) is 18.2. The molecule has 2 rings (SSSR count). The lowest BCUT2D eigenvalue weighted by Gasteiger charge is -2.31. The molecule has 1 unspecified atom stereocenters. The maximum absolute atomic E-state index is 10.9. The summed E-state index contributed by atoms with van der Waals surface area (Å²) >= 11 is 0. The van der Waals surface area contributed by atoms with Crippen LogP contribution >= 0.6 is 0 Å². The van der Waals surface area contributed by atoms with E-state index in [9.17, 15) is 9.90 Å². The molecule has 0 aromatic heterocycles. The van der Waals surface area contributed by atoms with Gasteiger partial charge in [0.1, 0.15) is 6.10 Å². The van der Waals surface area contributed by atoms with Crippen molar-refractivity contribution in [3.63, 3.8) is 0 Å². The van der Waals surface area contributed by atoms with Crippen LogP contribution in [0.5, 0.6) is 0 Å². The van der Waals surface area contributed by atoms with Gasteiger partial charge in [-0.1, -0.05) is 0 Å². The molecule has 0 radical (unpaired) electrons. The smallest absolute Gasteiger partial charge is 0.335 e. The van der Waals surface area contributed by atoms with Gasteiger partial charge in [0.2, 0.25) is 0 Å². The van der Waals surface area contributed by atoms with Crippen molar-refractivity contribution in [3.05, 3.63) is 0 Å². The highest BCUT2D eigenvalue weighted by atomic mass is 16.8. The molecule has 4 atom stereocenters. The minimum absolute atomic E-state index is 0.234. The first-order valence-electron chi connectivity index (χ1n) is 4.81. The second-order valence-electron chi connectivity index (χ2n) is 4.22. The van der Waals surface area contributed by atoms with Crippen LogP contribution in [0.3, 0.4) is 0 Å². The molecule has 0 bridgehead atoms. The zero-order valence-electron chi connectivity index (χ0n) is 8.54. The van der Waals surface area contributed by atoms with E-state index >= 15 is 0 Å². The van der Waals surface area contributed by atoms with Crippen molar-refractivity contribution in [2.45, 2.75) is 50.7 Å². The van der Waals surface area contributed by atoms with E-state index in [1.54, 1.807) is 13.8 Å². The first kappa shape index (κ1) is 10.8. The monoisotopic (exact) mass is 218 g/mol. The van der Waals surface area contributed by atoms with Gasteiger partial charge >= 0.3 is 5.97 Å². The summed E-state index contributed by atoms with van der Waals surface area (Å²) < 4.78 is 15.8. The van der Waals surface area contributed by atoms with E-state index in [0.717, 1.165) is 0 Å². The van der Waals surface area contributed by atoms with Crippen molar-refractivity contribution in [2.75, 3.05) is 0 Å². The Morgan fingerprint density at radius 1 is 1.40 bits per heavy atom. The standard InChI is InChI=1S/C9H14O6/c1-9(2)14-4-3-5(10)13-7(8(11)12)6(4)15-9/h4-7,10H,3H2,1-2H3,(H,11,12)/t4-,5?,6-,7+/m1/s1. The third-order valence-electron chi connectivity index (χ3n) is 2.50. The summed E-state index contributed by atoms with van der Waals surface area (Å²) in [5.41, 5.74) is 0. The molecule has 0 aromatic carbocycles. The highest BCUT2D eigenvalue weighted by Crippen LogP contribution is 2.36.